The molecule has 0 radical (unpaired) electrons. The van der Waals surface area contributed by atoms with Crippen molar-refractivity contribution in [1.82, 2.24) is 9.40 Å². The normalized spacial score (nSPS) is 11.7. The van der Waals surface area contributed by atoms with E-state index in [1.165, 1.54) is 25.5 Å². The van der Waals surface area contributed by atoms with Crippen LogP contribution in [0.25, 0.3) is 10.9 Å². The molecule has 2 N–H and O–H groups in total. The SMILES string of the molecule is COc1ccc2c(c1)c(/C=N/NS(=O)(=O)c1ccc(C)cc1)cn2CC(=O)Nc1ccc(F)cc1F. The van der Waals surface area contributed by atoms with E-state index < -0.39 is 27.6 Å². The van der Waals surface area contributed by atoms with E-state index in [1.807, 2.05) is 6.92 Å². The molecule has 3 aromatic carbocycles. The van der Waals surface area contributed by atoms with Gasteiger partial charge in [-0.1, -0.05) is 17.7 Å². The van der Waals surface area contributed by atoms with Gasteiger partial charge in [0.1, 0.15) is 23.9 Å². The molecule has 1 amide bonds. The molecule has 0 saturated heterocycles. The molecule has 0 spiro atoms. The summed E-state index contributed by atoms with van der Waals surface area (Å²) >= 11 is 0. The number of sulfonamides is 1. The molecule has 1 heterocycles. The molecular formula is C25H22F2N4O4S. The lowest BCUT2D eigenvalue weighted by molar-refractivity contribution is -0.116. The minimum absolute atomic E-state index is 0.0686. The van der Waals surface area contributed by atoms with Crippen LogP contribution >= 0.6 is 0 Å². The van der Waals surface area contributed by atoms with Crippen LogP contribution in [0.4, 0.5) is 14.5 Å². The number of anilines is 1. The van der Waals surface area contributed by atoms with Gasteiger partial charge in [0.25, 0.3) is 10.0 Å². The first kappa shape index (κ1) is 24.9. The van der Waals surface area contributed by atoms with Gasteiger partial charge < -0.3 is 14.6 Å². The number of rotatable bonds is 8. The van der Waals surface area contributed by atoms with Crippen LogP contribution in [0.3, 0.4) is 0 Å². The summed E-state index contributed by atoms with van der Waals surface area (Å²) in [5.74, 6) is -1.64. The van der Waals surface area contributed by atoms with E-state index in [2.05, 4.69) is 15.2 Å². The van der Waals surface area contributed by atoms with Crippen molar-refractivity contribution in [2.75, 3.05) is 12.4 Å². The van der Waals surface area contributed by atoms with Gasteiger partial charge in [-0.15, -0.1) is 0 Å². The molecule has 186 valence electrons. The number of carbonyl (C=O) groups is 1. The van der Waals surface area contributed by atoms with Crippen LogP contribution in [-0.2, 0) is 21.4 Å². The predicted molar refractivity (Wildman–Crippen MR) is 133 cm³/mol. The van der Waals surface area contributed by atoms with Crippen LogP contribution in [-0.4, -0.2) is 32.2 Å². The van der Waals surface area contributed by atoms with Crippen LogP contribution in [0.15, 0.2) is 76.9 Å². The maximum atomic E-state index is 13.9. The number of hydrogen-bond acceptors (Lipinski definition) is 5. The highest BCUT2D eigenvalue weighted by Crippen LogP contribution is 2.26. The zero-order valence-corrected chi connectivity index (χ0v) is 20.1. The number of aryl methyl sites for hydroxylation is 1. The van der Waals surface area contributed by atoms with Crippen molar-refractivity contribution >= 4 is 38.7 Å². The average Bonchev–Trinajstić information content (AvgIpc) is 3.17. The van der Waals surface area contributed by atoms with Gasteiger partial charge in [0.2, 0.25) is 5.91 Å². The van der Waals surface area contributed by atoms with Crippen LogP contribution in [0.1, 0.15) is 11.1 Å². The summed E-state index contributed by atoms with van der Waals surface area (Å²) in [6.07, 6.45) is 2.93. The number of halogens is 2. The number of nitrogens with zero attached hydrogens (tertiary/aromatic N) is 2. The Morgan fingerprint density at radius 3 is 2.53 bits per heavy atom. The van der Waals surface area contributed by atoms with Gasteiger partial charge in [-0.05, 0) is 49.4 Å². The second kappa shape index (κ2) is 10.2. The lowest BCUT2D eigenvalue weighted by atomic mass is 10.2. The summed E-state index contributed by atoms with van der Waals surface area (Å²) in [5.41, 5.74) is 1.92. The lowest BCUT2D eigenvalue weighted by Gasteiger charge is -2.08. The molecule has 0 bridgehead atoms. The van der Waals surface area contributed by atoms with Gasteiger partial charge in [0.05, 0.1) is 23.9 Å². The van der Waals surface area contributed by atoms with Crippen molar-refractivity contribution in [2.45, 2.75) is 18.4 Å². The third kappa shape index (κ3) is 5.52. The van der Waals surface area contributed by atoms with Crippen molar-refractivity contribution in [1.29, 1.82) is 0 Å². The van der Waals surface area contributed by atoms with E-state index in [4.69, 9.17) is 4.74 Å². The molecule has 11 heteroatoms. The van der Waals surface area contributed by atoms with E-state index in [0.717, 1.165) is 17.7 Å². The van der Waals surface area contributed by atoms with E-state index >= 15 is 0 Å². The molecule has 0 unspecified atom stereocenters. The Morgan fingerprint density at radius 1 is 1.08 bits per heavy atom. The summed E-state index contributed by atoms with van der Waals surface area (Å²) in [6.45, 7) is 1.66. The first-order valence-electron chi connectivity index (χ1n) is 10.7. The van der Waals surface area contributed by atoms with Crippen LogP contribution < -0.4 is 14.9 Å². The zero-order chi connectivity index (χ0) is 25.9. The monoisotopic (exact) mass is 512 g/mol. The summed E-state index contributed by atoms with van der Waals surface area (Å²) in [5, 5.41) is 6.96. The minimum atomic E-state index is -3.87. The highest BCUT2D eigenvalue weighted by atomic mass is 32.2. The Morgan fingerprint density at radius 2 is 1.83 bits per heavy atom. The van der Waals surface area contributed by atoms with Crippen LogP contribution in [0.2, 0.25) is 0 Å². The van der Waals surface area contributed by atoms with Crippen molar-refractivity contribution in [3.05, 3.63) is 89.6 Å². The van der Waals surface area contributed by atoms with E-state index in [9.17, 15) is 22.0 Å². The smallest absolute Gasteiger partial charge is 0.276 e. The average molecular weight is 513 g/mol. The Kier molecular flexibility index (Phi) is 7.02. The fourth-order valence-electron chi connectivity index (χ4n) is 3.54. The molecule has 0 atom stereocenters. The number of aromatic nitrogens is 1. The van der Waals surface area contributed by atoms with Crippen molar-refractivity contribution < 1.29 is 26.7 Å². The Hall–Kier alpha value is -4.25. The molecule has 36 heavy (non-hydrogen) atoms. The maximum absolute atomic E-state index is 13.9. The van der Waals surface area contributed by atoms with Gasteiger partial charge in [0, 0.05) is 28.7 Å². The predicted octanol–water partition coefficient (Wildman–Crippen LogP) is 4.19. The molecular weight excluding hydrogens is 490 g/mol. The summed E-state index contributed by atoms with van der Waals surface area (Å²) < 4.78 is 59.0. The van der Waals surface area contributed by atoms with Crippen LogP contribution in [0, 0.1) is 18.6 Å². The lowest BCUT2D eigenvalue weighted by Crippen LogP contribution is -2.19. The van der Waals surface area contributed by atoms with E-state index in [0.29, 0.717) is 28.3 Å². The Bertz CT molecular complexity index is 1570. The second-order valence-electron chi connectivity index (χ2n) is 7.93. The largest absolute Gasteiger partial charge is 0.497 e. The summed E-state index contributed by atoms with van der Waals surface area (Å²) in [7, 11) is -2.37. The van der Waals surface area contributed by atoms with Crippen molar-refractivity contribution in [3.63, 3.8) is 0 Å². The first-order chi connectivity index (χ1) is 17.2. The molecule has 1 aromatic heterocycles. The van der Waals surface area contributed by atoms with E-state index in [-0.39, 0.29) is 17.1 Å². The number of methoxy groups -OCH3 is 1. The highest BCUT2D eigenvalue weighted by Gasteiger charge is 2.15. The third-order valence-electron chi connectivity index (χ3n) is 5.35. The molecule has 0 aliphatic rings. The topological polar surface area (TPSA) is 102 Å². The molecule has 8 nitrogen and oxygen atoms in total. The quantitative estimate of drug-likeness (QED) is 0.273. The number of ether oxygens (including phenoxy) is 1. The van der Waals surface area contributed by atoms with Crippen LogP contribution in [0.5, 0.6) is 5.75 Å². The Labute approximate surface area is 206 Å². The maximum Gasteiger partial charge on any atom is 0.276 e. The number of hydrazone groups is 1. The van der Waals surface area contributed by atoms with E-state index in [1.54, 1.807) is 41.1 Å². The van der Waals surface area contributed by atoms with Crippen molar-refractivity contribution in [2.24, 2.45) is 5.10 Å². The number of benzene rings is 3. The molecule has 0 fully saturated rings. The fourth-order valence-corrected chi connectivity index (χ4v) is 4.33. The van der Waals surface area contributed by atoms with Gasteiger partial charge in [-0.2, -0.15) is 13.5 Å². The molecule has 4 aromatic rings. The molecule has 4 rings (SSSR count). The molecule has 0 saturated carbocycles. The number of fused-ring (bicyclic) bond motifs is 1. The molecule has 0 aliphatic heterocycles. The number of hydrogen-bond donors (Lipinski definition) is 2. The van der Waals surface area contributed by atoms with Gasteiger partial charge in [0.15, 0.2) is 0 Å². The summed E-state index contributed by atoms with van der Waals surface area (Å²) in [6, 6.07) is 14.3. The summed E-state index contributed by atoms with van der Waals surface area (Å²) in [4.78, 5) is 14.8. The highest BCUT2D eigenvalue weighted by molar-refractivity contribution is 7.89. The minimum Gasteiger partial charge on any atom is -0.497 e. The molecule has 0 aliphatic carbocycles. The van der Waals surface area contributed by atoms with Gasteiger partial charge in [-0.25, -0.2) is 13.6 Å². The number of amides is 1. The number of carbonyl (C=O) groups excluding carboxylic acids is 1. The van der Waals surface area contributed by atoms with Gasteiger partial charge >= 0.3 is 0 Å². The van der Waals surface area contributed by atoms with Gasteiger partial charge in [-0.3, -0.25) is 4.79 Å². The standard InChI is InChI=1S/C25H22F2N4O4S/c1-16-3-7-20(8-4-16)36(33,34)30-28-13-17-14-31(24-10-6-19(35-2)12-21(17)24)15-25(32)29-23-9-5-18(26)11-22(23)27/h3-14,30H,15H2,1-2H3,(H,29,32)/b28-13+. The first-order valence-corrected chi connectivity index (χ1v) is 12.2. The van der Waals surface area contributed by atoms with Crippen molar-refractivity contribution in [3.8, 4) is 5.75 Å². The number of nitrogens with one attached hydrogen (secondary N) is 2. The Balaban J connectivity index is 1.59. The fraction of sp³-hybridized carbons (Fsp3) is 0.120. The third-order valence-corrected chi connectivity index (χ3v) is 6.58. The second-order valence-corrected chi connectivity index (χ2v) is 9.59. The zero-order valence-electron chi connectivity index (χ0n) is 19.3.